The zero-order chi connectivity index (χ0) is 0. The van der Waals surface area contributed by atoms with Crippen LogP contribution in [0.15, 0.2) is 0 Å². The maximum absolute atomic E-state index is 0. The third-order valence-electron chi connectivity index (χ3n) is 0. The maximum atomic E-state index is 0. The summed E-state index contributed by atoms with van der Waals surface area (Å²) >= 11 is 0. The molecule has 0 nitrogen and oxygen atoms in total. The fraction of sp³-hybridized carbons (Fsp3) is 0. The summed E-state index contributed by atoms with van der Waals surface area (Å²) in [4.78, 5) is 0. The van der Waals surface area contributed by atoms with Crippen LogP contribution >= 0.6 is 0 Å². The largest absolute Gasteiger partial charge is 0 e. The molecular weight excluding hydrogens is 303 g/mol. The number of hydrogen-bond acceptors (Lipinski definition) is 0. The monoisotopic (exact) mass is 301 g/mol. The summed E-state index contributed by atoms with van der Waals surface area (Å²) in [6, 6.07) is 0. The van der Waals surface area contributed by atoms with Crippen LogP contribution in [0.4, 0.5) is 0 Å². The second-order valence-electron chi connectivity index (χ2n) is 0. The van der Waals surface area contributed by atoms with Crippen molar-refractivity contribution in [3.05, 3.63) is 0 Å². The summed E-state index contributed by atoms with van der Waals surface area (Å²) in [6.45, 7) is 0. The third-order valence-corrected chi connectivity index (χ3v) is 0. The van der Waals surface area contributed by atoms with Crippen LogP contribution in [-0.2, 0) is 50.3 Å². The average Bonchev–Trinajstić information content (AvgIpc) is 0. The minimum absolute atomic E-state index is 0. The van der Waals surface area contributed by atoms with E-state index < -0.39 is 0 Å². The van der Waals surface area contributed by atoms with Crippen LogP contribution in [0.1, 0.15) is 0 Å². The maximum Gasteiger partial charge on any atom is 0 e. The Morgan fingerprint density at radius 3 is 1.00 bits per heavy atom. The first-order valence-electron chi connectivity index (χ1n) is 0. The Bertz CT molecular complexity index is 8.00. The van der Waals surface area contributed by atoms with Gasteiger partial charge in [-0.05, 0) is 0 Å². The molecule has 0 spiro atoms. The van der Waals surface area contributed by atoms with Crippen LogP contribution < -0.4 is 0 Å². The summed E-state index contributed by atoms with van der Waals surface area (Å²) in [5.41, 5.74) is 0. The van der Waals surface area contributed by atoms with Crippen molar-refractivity contribution in [1.29, 1.82) is 0 Å². The van der Waals surface area contributed by atoms with Crippen LogP contribution in [0.2, 0.25) is 0 Å². The van der Waals surface area contributed by atoms with E-state index in [0.29, 0.717) is 0 Å². The van der Waals surface area contributed by atoms with Crippen LogP contribution in [0.3, 0.4) is 0 Å². The van der Waals surface area contributed by atoms with Crippen molar-refractivity contribution in [2.45, 2.75) is 0 Å². The van der Waals surface area contributed by atoms with E-state index in [1.807, 2.05) is 0 Å². The Balaban J connectivity index is 0. The van der Waals surface area contributed by atoms with E-state index in [4.69, 9.17) is 0 Å². The minimum Gasteiger partial charge on any atom is 0 e. The van der Waals surface area contributed by atoms with Gasteiger partial charge in [-0.25, -0.2) is 0 Å². The Morgan fingerprint density at radius 2 is 1.00 bits per heavy atom. The average molecular weight is 303 g/mol. The molecule has 0 unspecified atom stereocenters. The summed E-state index contributed by atoms with van der Waals surface area (Å²) in [5.74, 6) is 0. The summed E-state index contributed by atoms with van der Waals surface area (Å²) in [5, 5.41) is 0. The van der Waals surface area contributed by atoms with Crippen LogP contribution in [-0.4, -0.2) is 24.4 Å². The minimum atomic E-state index is 0. The smallest absolute Gasteiger partial charge is 0 e. The van der Waals surface area contributed by atoms with E-state index in [-0.39, 0.29) is 74.8 Å². The molecule has 0 aliphatic heterocycles. The van der Waals surface area contributed by atoms with Crippen molar-refractivity contribution < 1.29 is 50.3 Å². The molecule has 5 radical (unpaired) electrons. The SMILES string of the molecule is [Co].[Cu].[Ni].[Sb]. The van der Waals surface area contributed by atoms with Crippen molar-refractivity contribution in [1.82, 2.24) is 0 Å². The van der Waals surface area contributed by atoms with Crippen molar-refractivity contribution >= 4 is 24.4 Å². The molecule has 0 atom stereocenters. The van der Waals surface area contributed by atoms with Crippen molar-refractivity contribution in [3.8, 4) is 0 Å². The van der Waals surface area contributed by atoms with E-state index in [2.05, 4.69) is 0 Å². The van der Waals surface area contributed by atoms with E-state index in [0.717, 1.165) is 0 Å². The van der Waals surface area contributed by atoms with Gasteiger partial charge in [-0.1, -0.05) is 0 Å². The van der Waals surface area contributed by atoms with Gasteiger partial charge in [-0.3, -0.25) is 0 Å². The molecule has 0 saturated heterocycles. The molecule has 0 aromatic rings. The van der Waals surface area contributed by atoms with Gasteiger partial charge in [0.1, 0.15) is 0 Å². The molecule has 4 heteroatoms. The second-order valence-corrected chi connectivity index (χ2v) is 0. The van der Waals surface area contributed by atoms with Gasteiger partial charge in [0.05, 0.1) is 0 Å². The first-order valence-corrected chi connectivity index (χ1v) is 0. The molecule has 4 heavy (non-hydrogen) atoms. The zero-order valence-electron chi connectivity index (χ0n) is 1.40. The van der Waals surface area contributed by atoms with Gasteiger partial charge in [-0.2, -0.15) is 0 Å². The molecular formula is CoCuNiSb. The van der Waals surface area contributed by atoms with Crippen LogP contribution in [0.5, 0.6) is 0 Å². The van der Waals surface area contributed by atoms with Gasteiger partial charge in [0, 0.05) is 74.8 Å². The Morgan fingerprint density at radius 1 is 1.00 bits per heavy atom. The van der Waals surface area contributed by atoms with Gasteiger partial charge in [0.15, 0.2) is 0 Å². The Kier molecular flexibility index (Phi) is 152. The molecule has 0 N–H and O–H groups in total. The van der Waals surface area contributed by atoms with Gasteiger partial charge in [0.25, 0.3) is 0 Å². The Labute approximate surface area is 73.9 Å². The normalized spacial score (nSPS) is 0. The quantitative estimate of drug-likeness (QED) is 0.535. The summed E-state index contributed by atoms with van der Waals surface area (Å²) in [6.07, 6.45) is 0. The first-order chi connectivity index (χ1) is 0. The van der Waals surface area contributed by atoms with Gasteiger partial charge in [-0.15, -0.1) is 0 Å². The molecule has 0 aliphatic carbocycles. The standard InChI is InChI=1S/Co.Cu.Ni.Sb. The predicted molar refractivity (Wildman–Crippen MR) is 5.75 cm³/mol. The van der Waals surface area contributed by atoms with E-state index in [1.54, 1.807) is 0 Å². The molecule has 0 aliphatic rings. The predicted octanol–water partition coefficient (Wildman–Crippen LogP) is -0.388. The van der Waals surface area contributed by atoms with E-state index in [9.17, 15) is 0 Å². The summed E-state index contributed by atoms with van der Waals surface area (Å²) in [7, 11) is 0. The topological polar surface area (TPSA) is 0 Å². The van der Waals surface area contributed by atoms with E-state index in [1.165, 1.54) is 0 Å². The molecule has 0 aromatic carbocycles. The van der Waals surface area contributed by atoms with Crippen molar-refractivity contribution in [3.63, 3.8) is 0 Å². The van der Waals surface area contributed by atoms with Gasteiger partial charge < -0.3 is 0 Å². The van der Waals surface area contributed by atoms with Crippen molar-refractivity contribution in [2.75, 3.05) is 0 Å². The summed E-state index contributed by atoms with van der Waals surface area (Å²) < 4.78 is 0. The fourth-order valence-corrected chi connectivity index (χ4v) is 0. The molecule has 0 amide bonds. The third kappa shape index (κ3) is 8.84. The van der Waals surface area contributed by atoms with Gasteiger partial charge >= 0.3 is 0 Å². The molecule has 35 valence electrons. The molecule has 0 heterocycles. The Hall–Kier alpha value is 2.34. The number of rotatable bonds is 0. The van der Waals surface area contributed by atoms with E-state index >= 15 is 0 Å². The molecule has 0 fully saturated rings. The van der Waals surface area contributed by atoms with Crippen LogP contribution in [0, 0.1) is 0 Å². The molecule has 0 bridgehead atoms. The first kappa shape index (κ1) is 33.0. The fourth-order valence-electron chi connectivity index (χ4n) is 0. The molecule has 0 saturated carbocycles. The second kappa shape index (κ2) is 18.4. The van der Waals surface area contributed by atoms with Crippen molar-refractivity contribution in [2.24, 2.45) is 0 Å². The zero-order valence-corrected chi connectivity index (χ0v) is 6.92. The van der Waals surface area contributed by atoms with Gasteiger partial charge in [0.2, 0.25) is 0 Å². The molecule has 0 aromatic heterocycles. The number of hydrogen-bond donors (Lipinski definition) is 0. The van der Waals surface area contributed by atoms with Crippen LogP contribution in [0.25, 0.3) is 0 Å². The molecule has 0 rings (SSSR count).